The van der Waals surface area contributed by atoms with Crippen LogP contribution >= 0.6 is 23.2 Å². The molecule has 0 bridgehead atoms. The molecule has 1 heterocycles. The minimum Gasteiger partial charge on any atom is -0.291 e. The molecule has 0 aliphatic carbocycles. The van der Waals surface area contributed by atoms with Crippen molar-refractivity contribution in [2.45, 2.75) is 18.2 Å². The van der Waals surface area contributed by atoms with Gasteiger partial charge in [0.1, 0.15) is 6.42 Å². The Hall–Kier alpha value is -2.13. The summed E-state index contributed by atoms with van der Waals surface area (Å²) in [4.78, 5) is 12.9. The number of nitrogens with zero attached hydrogens (tertiary/aromatic N) is 2. The first-order valence-electron chi connectivity index (χ1n) is 7.32. The normalized spacial score (nSPS) is 12.1. The number of halogens is 2. The highest BCUT2D eigenvalue weighted by Crippen LogP contribution is 2.32. The lowest BCUT2D eigenvalue weighted by molar-refractivity contribution is 0.0992. The Kier molecular flexibility index (Phi) is 4.96. The summed E-state index contributed by atoms with van der Waals surface area (Å²) in [6.45, 7) is 1.93. The van der Waals surface area contributed by atoms with Crippen LogP contribution in [0.1, 0.15) is 22.5 Å². The molecule has 126 valence electrons. The quantitative estimate of drug-likeness (QED) is 0.593. The maximum atomic E-state index is 13.1. The molecule has 0 radical (unpaired) electrons. The molecule has 0 fully saturated rings. The Balaban J connectivity index is 2.26. The number of aryl methyl sites for hydroxylation is 1. The molecule has 1 atom stereocenters. The monoisotopic (exact) mass is 390 g/mol. The van der Waals surface area contributed by atoms with Crippen LogP contribution in [0.2, 0.25) is 10.0 Å². The molecule has 0 spiro atoms. The van der Waals surface area contributed by atoms with E-state index >= 15 is 0 Å². The summed E-state index contributed by atoms with van der Waals surface area (Å²) in [5.74, 6) is -0.411. The van der Waals surface area contributed by atoms with Crippen LogP contribution in [-0.2, 0) is 11.0 Å². The Morgan fingerprint density at radius 1 is 1.16 bits per heavy atom. The van der Waals surface area contributed by atoms with E-state index in [1.54, 1.807) is 30.3 Å². The zero-order valence-corrected chi connectivity index (χ0v) is 15.5. The molecule has 7 heteroatoms. The van der Waals surface area contributed by atoms with Crippen molar-refractivity contribution in [2.75, 3.05) is 0 Å². The van der Waals surface area contributed by atoms with E-state index in [-0.39, 0.29) is 12.1 Å². The Labute approximate surface area is 157 Å². The van der Waals surface area contributed by atoms with Gasteiger partial charge in [-0.1, -0.05) is 40.9 Å². The minimum absolute atomic E-state index is 0.189. The topological polar surface area (TPSA) is 62.9 Å². The zero-order chi connectivity index (χ0) is 18.1. The molecule has 3 aromatic rings. The number of nitriles is 1. The van der Waals surface area contributed by atoms with Crippen LogP contribution < -0.4 is 0 Å². The summed E-state index contributed by atoms with van der Waals surface area (Å²) >= 11 is 12.1. The van der Waals surface area contributed by atoms with Gasteiger partial charge in [-0.05, 0) is 37.3 Å². The standard InChI is InChI=1S/C18H12Cl2N2O2S/c1-11-2-4-13(5-3-11)25(24)22-16-10-15(20)14(19)8-12(16)9-17(22)18(23)6-7-21/h2-5,8-10H,6H2,1H3. The number of ketones is 1. The fraction of sp³-hybridized carbons (Fsp3) is 0.111. The number of carbonyl (C=O) groups is 1. The summed E-state index contributed by atoms with van der Waals surface area (Å²) in [7, 11) is -1.66. The molecule has 2 aromatic carbocycles. The highest BCUT2D eigenvalue weighted by Gasteiger charge is 2.21. The summed E-state index contributed by atoms with van der Waals surface area (Å²) in [5.41, 5.74) is 1.75. The lowest BCUT2D eigenvalue weighted by Gasteiger charge is -2.10. The predicted octanol–water partition coefficient (Wildman–Crippen LogP) is 4.92. The van der Waals surface area contributed by atoms with Gasteiger partial charge in [0.2, 0.25) is 0 Å². The molecule has 0 saturated carbocycles. The summed E-state index contributed by atoms with van der Waals surface area (Å²) in [6, 6.07) is 13.8. The zero-order valence-electron chi connectivity index (χ0n) is 13.1. The average molecular weight is 391 g/mol. The van der Waals surface area contributed by atoms with E-state index in [1.165, 1.54) is 3.97 Å². The maximum Gasteiger partial charge on any atom is 0.194 e. The Morgan fingerprint density at radius 2 is 1.80 bits per heavy atom. The lowest BCUT2D eigenvalue weighted by Crippen LogP contribution is -2.12. The number of hydrogen-bond acceptors (Lipinski definition) is 3. The summed E-state index contributed by atoms with van der Waals surface area (Å²) in [5, 5.41) is 10.1. The third-order valence-electron chi connectivity index (χ3n) is 3.71. The third kappa shape index (κ3) is 3.34. The van der Waals surface area contributed by atoms with Crippen LogP contribution in [-0.4, -0.2) is 14.0 Å². The highest BCUT2D eigenvalue weighted by atomic mass is 35.5. The molecular formula is C18H12Cl2N2O2S. The molecule has 0 N–H and O–H groups in total. The molecule has 0 saturated heterocycles. The molecule has 1 unspecified atom stereocenters. The van der Waals surface area contributed by atoms with E-state index < -0.39 is 16.8 Å². The van der Waals surface area contributed by atoms with Crippen LogP contribution in [0.25, 0.3) is 10.9 Å². The van der Waals surface area contributed by atoms with Crippen LogP contribution in [0.15, 0.2) is 47.4 Å². The van der Waals surface area contributed by atoms with Crippen molar-refractivity contribution in [2.24, 2.45) is 0 Å². The van der Waals surface area contributed by atoms with Gasteiger partial charge in [-0.25, -0.2) is 4.21 Å². The molecule has 1 aromatic heterocycles. The second kappa shape index (κ2) is 7.01. The number of fused-ring (bicyclic) bond motifs is 1. The molecule has 0 aliphatic rings. The van der Waals surface area contributed by atoms with Gasteiger partial charge in [0.15, 0.2) is 16.8 Å². The van der Waals surface area contributed by atoms with Crippen molar-refractivity contribution in [1.29, 1.82) is 5.26 Å². The van der Waals surface area contributed by atoms with E-state index in [0.717, 1.165) is 5.56 Å². The van der Waals surface area contributed by atoms with Crippen LogP contribution in [0.4, 0.5) is 0 Å². The Bertz CT molecular complexity index is 1050. The first-order valence-corrected chi connectivity index (χ1v) is 9.18. The van der Waals surface area contributed by atoms with Crippen molar-refractivity contribution in [3.63, 3.8) is 0 Å². The highest BCUT2D eigenvalue weighted by molar-refractivity contribution is 7.83. The van der Waals surface area contributed by atoms with Gasteiger partial charge < -0.3 is 0 Å². The van der Waals surface area contributed by atoms with E-state index in [2.05, 4.69) is 0 Å². The third-order valence-corrected chi connectivity index (χ3v) is 5.84. The van der Waals surface area contributed by atoms with Crippen molar-refractivity contribution in [1.82, 2.24) is 3.97 Å². The lowest BCUT2D eigenvalue weighted by atomic mass is 10.2. The summed E-state index contributed by atoms with van der Waals surface area (Å²) < 4.78 is 14.5. The van der Waals surface area contributed by atoms with Crippen molar-refractivity contribution >= 4 is 50.9 Å². The van der Waals surface area contributed by atoms with Crippen LogP contribution in [0.5, 0.6) is 0 Å². The van der Waals surface area contributed by atoms with Gasteiger partial charge in [-0.15, -0.1) is 0 Å². The first kappa shape index (κ1) is 17.7. The predicted molar refractivity (Wildman–Crippen MR) is 99.5 cm³/mol. The smallest absolute Gasteiger partial charge is 0.194 e. The van der Waals surface area contributed by atoms with Gasteiger partial charge in [0.25, 0.3) is 0 Å². The van der Waals surface area contributed by atoms with E-state index in [4.69, 9.17) is 28.5 Å². The van der Waals surface area contributed by atoms with Crippen molar-refractivity contribution < 1.29 is 9.00 Å². The van der Waals surface area contributed by atoms with Gasteiger partial charge in [0.05, 0.1) is 32.2 Å². The molecule has 0 amide bonds. The van der Waals surface area contributed by atoms with E-state index in [9.17, 15) is 9.00 Å². The number of aromatic nitrogens is 1. The summed E-state index contributed by atoms with van der Waals surface area (Å²) in [6.07, 6.45) is -0.303. The Morgan fingerprint density at radius 3 is 2.44 bits per heavy atom. The largest absolute Gasteiger partial charge is 0.291 e. The number of rotatable bonds is 4. The van der Waals surface area contributed by atoms with Crippen LogP contribution in [0, 0.1) is 18.3 Å². The van der Waals surface area contributed by atoms with Crippen molar-refractivity contribution in [3.8, 4) is 6.07 Å². The fourth-order valence-corrected chi connectivity index (χ4v) is 4.05. The number of Topliss-reactive ketones (excluding diaryl/α,β-unsaturated/α-hetero) is 1. The minimum atomic E-state index is -1.66. The van der Waals surface area contributed by atoms with E-state index in [0.29, 0.717) is 25.8 Å². The van der Waals surface area contributed by atoms with E-state index in [1.807, 2.05) is 25.1 Å². The molecule has 3 rings (SSSR count). The SMILES string of the molecule is Cc1ccc(S(=O)n2c(C(=O)CC#N)cc3cc(Cl)c(Cl)cc32)cc1. The number of carbonyl (C=O) groups excluding carboxylic acids is 1. The number of benzene rings is 2. The van der Waals surface area contributed by atoms with Gasteiger partial charge in [-0.2, -0.15) is 5.26 Å². The van der Waals surface area contributed by atoms with Gasteiger partial charge >= 0.3 is 0 Å². The number of hydrogen-bond donors (Lipinski definition) is 0. The first-order chi connectivity index (χ1) is 11.9. The molecular weight excluding hydrogens is 379 g/mol. The molecule has 25 heavy (non-hydrogen) atoms. The maximum absolute atomic E-state index is 13.1. The van der Waals surface area contributed by atoms with Gasteiger partial charge in [-0.3, -0.25) is 8.77 Å². The fourth-order valence-electron chi connectivity index (χ4n) is 2.47. The second-order valence-electron chi connectivity index (χ2n) is 5.47. The average Bonchev–Trinajstić information content (AvgIpc) is 2.94. The van der Waals surface area contributed by atoms with Gasteiger partial charge in [0, 0.05) is 5.39 Å². The second-order valence-corrected chi connectivity index (χ2v) is 7.62. The van der Waals surface area contributed by atoms with Crippen LogP contribution in [0.3, 0.4) is 0 Å². The molecule has 0 aliphatic heterocycles. The molecule has 4 nitrogen and oxygen atoms in total. The van der Waals surface area contributed by atoms with Crippen molar-refractivity contribution in [3.05, 3.63) is 63.8 Å².